The van der Waals surface area contributed by atoms with Crippen LogP contribution in [0.3, 0.4) is 0 Å². The molecule has 1 saturated heterocycles. The number of pyridine rings is 1. The average Bonchev–Trinajstić information content (AvgIpc) is 3.28. The number of esters is 1. The zero-order chi connectivity index (χ0) is 38.9. The second-order valence-electron chi connectivity index (χ2n) is 14.3. The molecular formula is C39H57N7O8. The molecule has 0 aliphatic carbocycles. The Bertz CT molecular complexity index is 1630. The van der Waals surface area contributed by atoms with E-state index in [1.54, 1.807) is 29.3 Å². The highest BCUT2D eigenvalue weighted by atomic mass is 17.1. The number of carbonyl (C=O) groups is 4. The van der Waals surface area contributed by atoms with Crippen LogP contribution in [0.1, 0.15) is 82.9 Å². The first kappa shape index (κ1) is 42.2. The van der Waals surface area contributed by atoms with Crippen LogP contribution in [0.2, 0.25) is 0 Å². The molecule has 3 atom stereocenters. The number of rotatable bonds is 20. The summed E-state index contributed by atoms with van der Waals surface area (Å²) in [5.74, 6) is -1.61. The fraction of sp³-hybridized carbons (Fsp3) is 0.564. The van der Waals surface area contributed by atoms with Crippen LogP contribution in [0.5, 0.6) is 0 Å². The Morgan fingerprint density at radius 3 is 2.17 bits per heavy atom. The van der Waals surface area contributed by atoms with Crippen LogP contribution in [0.15, 0.2) is 54.9 Å². The largest absolute Gasteiger partial charge is 0.464 e. The fourth-order valence-corrected chi connectivity index (χ4v) is 6.68. The van der Waals surface area contributed by atoms with E-state index in [1.165, 1.54) is 0 Å². The summed E-state index contributed by atoms with van der Waals surface area (Å²) in [6, 6.07) is 9.75. The molecule has 2 unspecified atom stereocenters. The zero-order valence-corrected chi connectivity index (χ0v) is 31.7. The van der Waals surface area contributed by atoms with Crippen molar-refractivity contribution in [2.75, 3.05) is 26.3 Å². The van der Waals surface area contributed by atoms with Crippen LogP contribution in [0.4, 0.5) is 4.79 Å². The van der Waals surface area contributed by atoms with Crippen LogP contribution in [0.25, 0.3) is 10.9 Å². The Balaban J connectivity index is 1.52. The number of nitrogens with zero attached hydrogens (tertiary/aromatic N) is 4. The maximum Gasteiger partial charge on any atom is 0.329 e. The lowest BCUT2D eigenvalue weighted by atomic mass is 10.0. The number of hydrogen-bond donors (Lipinski definition) is 5. The van der Waals surface area contributed by atoms with Gasteiger partial charge in [0, 0.05) is 62.0 Å². The van der Waals surface area contributed by atoms with Gasteiger partial charge in [0.2, 0.25) is 11.8 Å². The average molecular weight is 752 g/mol. The first-order chi connectivity index (χ1) is 26.0. The number of benzene rings is 1. The first-order valence-electron chi connectivity index (χ1n) is 19.1. The van der Waals surface area contributed by atoms with E-state index in [-0.39, 0.29) is 43.4 Å². The number of likely N-dealkylation sites (tertiary alicyclic amines) is 1. The van der Waals surface area contributed by atoms with E-state index in [4.69, 9.17) is 15.2 Å². The molecule has 4 amide bonds. The Hall–Kier alpha value is -4.57. The van der Waals surface area contributed by atoms with E-state index >= 15 is 0 Å². The van der Waals surface area contributed by atoms with Crippen molar-refractivity contribution in [1.29, 1.82) is 0 Å². The number of urea groups is 1. The smallest absolute Gasteiger partial charge is 0.329 e. The zero-order valence-electron chi connectivity index (χ0n) is 31.7. The van der Waals surface area contributed by atoms with Crippen molar-refractivity contribution >= 4 is 34.7 Å². The molecule has 2 aromatic heterocycles. The van der Waals surface area contributed by atoms with Crippen molar-refractivity contribution in [2.24, 2.45) is 13.0 Å². The van der Waals surface area contributed by atoms with E-state index in [0.717, 1.165) is 42.1 Å². The number of hydrogen-bond acceptors (Lipinski definition) is 10. The quantitative estimate of drug-likeness (QED) is 0.0628. The van der Waals surface area contributed by atoms with Crippen molar-refractivity contribution in [3.8, 4) is 0 Å². The molecule has 15 nitrogen and oxygen atoms in total. The molecule has 1 aliphatic rings. The van der Waals surface area contributed by atoms with Gasteiger partial charge in [0.05, 0.1) is 18.6 Å². The molecule has 54 heavy (non-hydrogen) atoms. The van der Waals surface area contributed by atoms with Crippen LogP contribution in [-0.2, 0) is 43.8 Å². The molecule has 3 aromatic rings. The minimum absolute atomic E-state index is 0.0678. The Morgan fingerprint density at radius 2 is 1.48 bits per heavy atom. The number of amides is 4. The van der Waals surface area contributed by atoms with E-state index in [2.05, 4.69) is 25.8 Å². The topological polar surface area (TPSA) is 188 Å². The van der Waals surface area contributed by atoms with Gasteiger partial charge in [-0.1, -0.05) is 57.4 Å². The number of ether oxygens (including phenoxy) is 1. The number of carbonyl (C=O) groups excluding carboxylic acids is 4. The number of aryl methyl sites for hydroxylation is 1. The summed E-state index contributed by atoms with van der Waals surface area (Å²) in [6.45, 7) is 5.45. The van der Waals surface area contributed by atoms with Gasteiger partial charge in [-0.3, -0.25) is 29.8 Å². The minimum atomic E-state index is -1.10. The highest BCUT2D eigenvalue weighted by Crippen LogP contribution is 2.22. The van der Waals surface area contributed by atoms with Crippen LogP contribution >= 0.6 is 0 Å². The summed E-state index contributed by atoms with van der Waals surface area (Å²) in [4.78, 5) is 65.9. The van der Waals surface area contributed by atoms with Gasteiger partial charge < -0.3 is 30.2 Å². The van der Waals surface area contributed by atoms with Gasteiger partial charge in [-0.05, 0) is 68.2 Å². The number of nitrogens with one attached hydrogen (secondary N) is 3. The van der Waals surface area contributed by atoms with Crippen molar-refractivity contribution in [1.82, 2.24) is 35.8 Å². The molecular weight excluding hydrogens is 694 g/mol. The van der Waals surface area contributed by atoms with E-state index in [1.807, 2.05) is 55.9 Å². The Labute approximate surface area is 317 Å². The Kier molecular flexibility index (Phi) is 17.2. The van der Waals surface area contributed by atoms with E-state index in [9.17, 15) is 19.2 Å². The van der Waals surface area contributed by atoms with Gasteiger partial charge in [0.1, 0.15) is 18.1 Å². The maximum atomic E-state index is 14.3. The standard InChI is InChI=1S/C39H57N7O8/c1-28(2)24-32(43-39(50)45-20-12-4-5-13-21-45)36(47)41-33(25-29-27-44(3)35-18-9-8-17-31(29)35)37(48)42-34(26-30-16-10-11-19-40-30)38(49)53-22-14-6-7-15-23-54-46(51)52/h8-11,16-19,27-28,32-34,51-52H,4-7,12-15,20-26H2,1-3H3,(H,41,47)(H,42,48)(H,43,50)/t32?,33?,34-/m1/s1. The monoisotopic (exact) mass is 751 g/mol. The summed E-state index contributed by atoms with van der Waals surface area (Å²) < 4.78 is 7.58. The third kappa shape index (κ3) is 13.7. The summed E-state index contributed by atoms with van der Waals surface area (Å²) in [5.41, 5.74) is 2.38. The predicted octanol–water partition coefficient (Wildman–Crippen LogP) is 4.44. The highest BCUT2D eigenvalue weighted by Gasteiger charge is 2.32. The second kappa shape index (κ2) is 22.0. The molecule has 4 rings (SSSR count). The van der Waals surface area contributed by atoms with Gasteiger partial charge in [0.25, 0.3) is 0 Å². The number of unbranched alkanes of at least 4 members (excludes halogenated alkanes) is 3. The summed E-state index contributed by atoms with van der Waals surface area (Å²) in [5, 5.41) is 26.7. The normalized spacial score (nSPS) is 15.1. The van der Waals surface area contributed by atoms with Gasteiger partial charge in [-0.15, -0.1) is 0 Å². The molecule has 0 radical (unpaired) electrons. The van der Waals surface area contributed by atoms with Gasteiger partial charge in [0.15, 0.2) is 0 Å². The summed E-state index contributed by atoms with van der Waals surface area (Å²) in [6.07, 6.45) is 10.6. The molecule has 1 aliphatic heterocycles. The lowest BCUT2D eigenvalue weighted by Crippen LogP contribution is -2.58. The van der Waals surface area contributed by atoms with Gasteiger partial charge in [-0.2, -0.15) is 0 Å². The van der Waals surface area contributed by atoms with Crippen LogP contribution in [-0.4, -0.2) is 98.5 Å². The molecule has 3 heterocycles. The van der Waals surface area contributed by atoms with Crippen molar-refractivity contribution in [2.45, 2.75) is 103 Å². The molecule has 1 aromatic carbocycles. The molecule has 1 fully saturated rings. The second-order valence-corrected chi connectivity index (χ2v) is 14.3. The predicted molar refractivity (Wildman–Crippen MR) is 201 cm³/mol. The first-order valence-corrected chi connectivity index (χ1v) is 19.1. The minimum Gasteiger partial charge on any atom is -0.464 e. The third-order valence-corrected chi connectivity index (χ3v) is 9.48. The lowest BCUT2D eigenvalue weighted by Gasteiger charge is -2.28. The fourth-order valence-electron chi connectivity index (χ4n) is 6.68. The van der Waals surface area contributed by atoms with E-state index < -0.39 is 35.9 Å². The molecule has 0 bridgehead atoms. The highest BCUT2D eigenvalue weighted by molar-refractivity contribution is 5.94. The van der Waals surface area contributed by atoms with E-state index in [0.29, 0.717) is 50.9 Å². The van der Waals surface area contributed by atoms with Crippen molar-refractivity contribution < 1.29 is 39.2 Å². The number of fused-ring (bicyclic) bond motifs is 1. The summed E-state index contributed by atoms with van der Waals surface area (Å²) >= 11 is 0. The van der Waals surface area contributed by atoms with Gasteiger partial charge in [-0.25, -0.2) is 9.59 Å². The SMILES string of the molecule is CC(C)CC(NC(=O)N1CCCCCC1)C(=O)NC(Cc1cn(C)c2ccccc12)C(=O)N[C@H](Cc1ccccn1)C(=O)OCCCCCCON(O)O. The number of aromatic nitrogens is 2. The third-order valence-electron chi connectivity index (χ3n) is 9.48. The molecule has 0 saturated carbocycles. The molecule has 296 valence electrons. The molecule has 0 spiro atoms. The molecule has 15 heteroatoms. The van der Waals surface area contributed by atoms with Crippen molar-refractivity contribution in [3.05, 3.63) is 66.1 Å². The maximum absolute atomic E-state index is 14.3. The van der Waals surface area contributed by atoms with Crippen LogP contribution < -0.4 is 16.0 Å². The summed E-state index contributed by atoms with van der Waals surface area (Å²) in [7, 11) is 1.92. The lowest BCUT2D eigenvalue weighted by molar-refractivity contribution is -0.492. The number of para-hydroxylation sites is 1. The Morgan fingerprint density at radius 1 is 0.815 bits per heavy atom. The van der Waals surface area contributed by atoms with Gasteiger partial charge >= 0.3 is 12.0 Å². The van der Waals surface area contributed by atoms with Crippen molar-refractivity contribution in [3.63, 3.8) is 0 Å². The molecule has 5 N–H and O–H groups in total. The van der Waals surface area contributed by atoms with Crippen LogP contribution in [0, 0.1) is 5.92 Å².